The second-order valence-electron chi connectivity index (χ2n) is 10.5. The number of halogens is 1. The Balaban J connectivity index is 1.14. The van der Waals surface area contributed by atoms with Crippen LogP contribution in [0.5, 0.6) is 11.5 Å². The van der Waals surface area contributed by atoms with Crippen molar-refractivity contribution >= 4 is 33.7 Å². The molecule has 204 valence electrons. The van der Waals surface area contributed by atoms with E-state index >= 15 is 0 Å². The molecule has 8 rings (SSSR count). The van der Waals surface area contributed by atoms with Gasteiger partial charge in [0.2, 0.25) is 6.79 Å². The van der Waals surface area contributed by atoms with Gasteiger partial charge in [0.25, 0.3) is 0 Å². The van der Waals surface area contributed by atoms with Gasteiger partial charge in [0.1, 0.15) is 11.3 Å². The molecule has 0 unspecified atom stereocenters. The number of ether oxygens (including phenoxy) is 2. The molecule has 4 aromatic carbocycles. The van der Waals surface area contributed by atoms with Gasteiger partial charge in [-0.25, -0.2) is 4.39 Å². The molecule has 1 saturated heterocycles. The number of aromatic nitrogens is 1. The maximum absolute atomic E-state index is 13.8. The van der Waals surface area contributed by atoms with Crippen molar-refractivity contribution < 1.29 is 23.2 Å². The fourth-order valence-electron chi connectivity index (χ4n) is 6.02. The summed E-state index contributed by atoms with van der Waals surface area (Å²) in [5.41, 5.74) is 5.92. The van der Waals surface area contributed by atoms with E-state index in [4.69, 9.17) is 14.0 Å². The highest BCUT2D eigenvalue weighted by Gasteiger charge is 2.34. The van der Waals surface area contributed by atoms with Gasteiger partial charge >= 0.3 is 0 Å². The number of rotatable bonds is 5. The number of hydrogen-bond acceptors (Lipinski definition) is 8. The van der Waals surface area contributed by atoms with Crippen LogP contribution in [0.3, 0.4) is 0 Å². The van der Waals surface area contributed by atoms with E-state index in [9.17, 15) is 9.18 Å². The summed E-state index contributed by atoms with van der Waals surface area (Å²) in [4.78, 5) is 18.5. The van der Waals surface area contributed by atoms with Gasteiger partial charge < -0.3 is 24.2 Å². The monoisotopic (exact) mass is 548 g/mol. The van der Waals surface area contributed by atoms with Crippen molar-refractivity contribution in [1.82, 2.24) is 10.1 Å². The van der Waals surface area contributed by atoms with Crippen LogP contribution in [0.15, 0.2) is 77.3 Å². The number of piperazine rings is 1. The summed E-state index contributed by atoms with van der Waals surface area (Å²) in [7, 11) is 0. The number of carbonyl (C=O) groups is 1. The fourth-order valence-corrected chi connectivity index (χ4v) is 6.02. The Labute approximate surface area is 234 Å². The summed E-state index contributed by atoms with van der Waals surface area (Å²) in [6.07, 6.45) is 0. The Morgan fingerprint density at radius 1 is 0.878 bits per heavy atom. The molecule has 0 amide bonds. The maximum Gasteiger partial charge on any atom is 0.231 e. The minimum absolute atomic E-state index is 0.0917. The average molecular weight is 549 g/mol. The van der Waals surface area contributed by atoms with Gasteiger partial charge in [-0.1, -0.05) is 35.5 Å². The van der Waals surface area contributed by atoms with Crippen LogP contribution in [0, 0.1) is 5.82 Å². The lowest BCUT2D eigenvalue weighted by molar-refractivity contribution is 0.104. The van der Waals surface area contributed by atoms with Crippen molar-refractivity contribution in [1.29, 1.82) is 0 Å². The van der Waals surface area contributed by atoms with E-state index in [0.29, 0.717) is 39.2 Å². The van der Waals surface area contributed by atoms with Crippen LogP contribution in [0.4, 0.5) is 21.5 Å². The van der Waals surface area contributed by atoms with Crippen LogP contribution in [0.2, 0.25) is 0 Å². The Hall–Kier alpha value is -4.89. The number of nitrogens with zero attached hydrogens (tertiary/aromatic N) is 3. The summed E-state index contributed by atoms with van der Waals surface area (Å²) < 4.78 is 30.5. The number of ketones is 1. The molecule has 0 spiro atoms. The molecule has 0 bridgehead atoms. The number of fused-ring (bicyclic) bond motifs is 3. The Morgan fingerprint density at radius 3 is 2.49 bits per heavy atom. The van der Waals surface area contributed by atoms with Crippen molar-refractivity contribution in [3.63, 3.8) is 0 Å². The van der Waals surface area contributed by atoms with E-state index in [0.717, 1.165) is 55.5 Å². The molecule has 0 radical (unpaired) electrons. The second kappa shape index (κ2) is 9.35. The summed E-state index contributed by atoms with van der Waals surface area (Å²) in [6, 6.07) is 21.6. The van der Waals surface area contributed by atoms with E-state index in [1.54, 1.807) is 12.1 Å². The first-order valence-corrected chi connectivity index (χ1v) is 13.6. The average Bonchev–Trinajstić information content (AvgIpc) is 3.65. The van der Waals surface area contributed by atoms with Crippen LogP contribution in [-0.4, -0.2) is 48.8 Å². The van der Waals surface area contributed by atoms with Gasteiger partial charge in [-0.15, -0.1) is 0 Å². The van der Waals surface area contributed by atoms with Crippen LogP contribution in [-0.2, 0) is 6.54 Å². The van der Waals surface area contributed by atoms with Gasteiger partial charge in [0.05, 0.1) is 22.3 Å². The summed E-state index contributed by atoms with van der Waals surface area (Å²) in [5.74, 6) is 1.76. The van der Waals surface area contributed by atoms with Crippen molar-refractivity contribution in [2.45, 2.75) is 6.54 Å². The van der Waals surface area contributed by atoms with Crippen LogP contribution >= 0.6 is 0 Å². The summed E-state index contributed by atoms with van der Waals surface area (Å²) in [5, 5.41) is 8.58. The normalized spacial score (nSPS) is 15.8. The van der Waals surface area contributed by atoms with E-state index in [2.05, 4.69) is 32.4 Å². The number of benzene rings is 4. The standard InChI is InChI=1S/C32H25FN4O4/c33-20-6-8-21(9-7-20)34-24-16-25(30-29-28(24)31(38)22-3-1-2-4-23(22)32(29)41-35-30)37-13-11-36(12-14-37)17-19-5-10-26-27(15-19)40-18-39-26/h1-10,15-16,34H,11-14,17-18H2. The van der Waals surface area contributed by atoms with E-state index in [1.165, 1.54) is 17.7 Å². The second-order valence-corrected chi connectivity index (χ2v) is 10.5. The van der Waals surface area contributed by atoms with Gasteiger partial charge in [0, 0.05) is 49.5 Å². The molecule has 3 aliphatic rings. The molecule has 5 aromatic rings. The maximum atomic E-state index is 13.8. The van der Waals surface area contributed by atoms with Crippen molar-refractivity contribution in [3.05, 3.63) is 95.3 Å². The third-order valence-electron chi connectivity index (χ3n) is 8.06. The lowest BCUT2D eigenvalue weighted by atomic mass is 9.86. The van der Waals surface area contributed by atoms with E-state index in [1.807, 2.05) is 36.4 Å². The lowest BCUT2D eigenvalue weighted by Crippen LogP contribution is -2.46. The van der Waals surface area contributed by atoms with Gasteiger partial charge in [-0.05, 0) is 48.0 Å². The molecule has 0 atom stereocenters. The zero-order valence-corrected chi connectivity index (χ0v) is 22.0. The zero-order valence-electron chi connectivity index (χ0n) is 22.0. The molecule has 0 saturated carbocycles. The van der Waals surface area contributed by atoms with Gasteiger partial charge in [0.15, 0.2) is 23.0 Å². The highest BCUT2D eigenvalue weighted by atomic mass is 19.1. The first kappa shape index (κ1) is 24.0. The van der Waals surface area contributed by atoms with E-state index in [-0.39, 0.29) is 18.4 Å². The topological polar surface area (TPSA) is 80.1 Å². The van der Waals surface area contributed by atoms with Crippen LogP contribution < -0.4 is 19.7 Å². The van der Waals surface area contributed by atoms with Crippen molar-refractivity contribution in [3.8, 4) is 22.8 Å². The SMILES string of the molecule is O=C1c2ccccc2-c2onc3c(N4CCN(Cc5ccc6c(c5)OCO6)CC4)cc(Nc4ccc(F)cc4)c1c23. The predicted octanol–water partition coefficient (Wildman–Crippen LogP) is 5.97. The number of hydrogen-bond donors (Lipinski definition) is 1. The lowest BCUT2D eigenvalue weighted by Gasteiger charge is -2.36. The highest BCUT2D eigenvalue weighted by molar-refractivity contribution is 6.28. The molecule has 2 aliphatic heterocycles. The molecule has 1 fully saturated rings. The van der Waals surface area contributed by atoms with Gasteiger partial charge in [-0.2, -0.15) is 0 Å². The Morgan fingerprint density at radius 2 is 1.66 bits per heavy atom. The number of carbonyl (C=O) groups excluding carboxylic acids is 1. The van der Waals surface area contributed by atoms with Crippen LogP contribution in [0.1, 0.15) is 21.5 Å². The molecular formula is C32H25FN4O4. The number of nitrogens with one attached hydrogen (secondary N) is 1. The Bertz CT molecular complexity index is 1830. The molecule has 41 heavy (non-hydrogen) atoms. The fraction of sp³-hybridized carbons (Fsp3) is 0.188. The van der Waals surface area contributed by atoms with Crippen molar-refractivity contribution in [2.75, 3.05) is 43.2 Å². The molecular weight excluding hydrogens is 523 g/mol. The summed E-state index contributed by atoms with van der Waals surface area (Å²) in [6.45, 7) is 4.35. The molecule has 3 heterocycles. The number of anilines is 3. The van der Waals surface area contributed by atoms with Gasteiger partial charge in [-0.3, -0.25) is 9.69 Å². The molecule has 9 heteroatoms. The minimum atomic E-state index is -0.321. The summed E-state index contributed by atoms with van der Waals surface area (Å²) >= 11 is 0. The largest absolute Gasteiger partial charge is 0.454 e. The van der Waals surface area contributed by atoms with Crippen LogP contribution in [0.25, 0.3) is 22.2 Å². The third kappa shape index (κ3) is 4.00. The highest BCUT2D eigenvalue weighted by Crippen LogP contribution is 2.46. The molecule has 1 N–H and O–H groups in total. The smallest absolute Gasteiger partial charge is 0.231 e. The first-order chi connectivity index (χ1) is 20.1. The van der Waals surface area contributed by atoms with Crippen molar-refractivity contribution in [2.24, 2.45) is 0 Å². The molecule has 8 nitrogen and oxygen atoms in total. The molecule has 1 aliphatic carbocycles. The zero-order chi connectivity index (χ0) is 27.5. The third-order valence-corrected chi connectivity index (χ3v) is 8.06. The van der Waals surface area contributed by atoms with E-state index < -0.39 is 0 Å². The minimum Gasteiger partial charge on any atom is -0.454 e. The Kier molecular flexibility index (Phi) is 5.46. The first-order valence-electron chi connectivity index (χ1n) is 13.6. The predicted molar refractivity (Wildman–Crippen MR) is 153 cm³/mol. The quantitative estimate of drug-likeness (QED) is 0.282. The molecule has 1 aromatic heterocycles.